The summed E-state index contributed by atoms with van der Waals surface area (Å²) >= 11 is 3.56. The van der Waals surface area contributed by atoms with Crippen molar-refractivity contribution in [3.63, 3.8) is 0 Å². The molecule has 1 heterocycles. The molecule has 84 valence electrons. The average molecular weight is 280 g/mol. The third-order valence-corrected chi connectivity index (χ3v) is 3.82. The van der Waals surface area contributed by atoms with Gasteiger partial charge in [-0.05, 0) is 44.0 Å². The molecule has 0 fully saturated rings. The number of aryl methyl sites for hydroxylation is 3. The Morgan fingerprint density at radius 1 is 1.12 bits per heavy atom. The maximum Gasteiger partial charge on any atom is 0.146 e. The first-order chi connectivity index (χ1) is 7.49. The molecule has 0 aliphatic heterocycles. The Bertz CT molecular complexity index is 520. The number of hydrogen-bond donors (Lipinski definition) is 1. The second kappa shape index (κ2) is 3.94. The normalized spacial score (nSPS) is 10.8. The molecule has 0 amide bonds. The molecule has 0 bridgehead atoms. The van der Waals surface area contributed by atoms with E-state index in [0.29, 0.717) is 5.82 Å². The van der Waals surface area contributed by atoms with Crippen molar-refractivity contribution in [1.82, 2.24) is 9.78 Å². The Morgan fingerprint density at radius 2 is 1.69 bits per heavy atom. The molecule has 0 aliphatic carbocycles. The third-order valence-electron chi connectivity index (χ3n) is 2.57. The second-order valence-electron chi connectivity index (χ2n) is 4.02. The number of nitrogens with two attached hydrogens (primary N) is 1. The number of halogens is 1. The molecule has 4 heteroatoms. The van der Waals surface area contributed by atoms with Crippen LogP contribution in [0.2, 0.25) is 0 Å². The monoisotopic (exact) mass is 279 g/mol. The van der Waals surface area contributed by atoms with Gasteiger partial charge in [0.1, 0.15) is 5.82 Å². The summed E-state index contributed by atoms with van der Waals surface area (Å²) in [6, 6.07) is 6.06. The Hall–Kier alpha value is -1.29. The fourth-order valence-electron chi connectivity index (χ4n) is 1.81. The number of anilines is 1. The number of benzene rings is 1. The molecule has 0 unspecified atom stereocenters. The number of rotatable bonds is 1. The maximum atomic E-state index is 5.68. The highest BCUT2D eigenvalue weighted by atomic mass is 79.9. The zero-order valence-corrected chi connectivity index (χ0v) is 11.2. The van der Waals surface area contributed by atoms with Crippen LogP contribution in [0.1, 0.15) is 16.8 Å². The van der Waals surface area contributed by atoms with E-state index in [1.54, 1.807) is 0 Å². The highest BCUT2D eigenvalue weighted by molar-refractivity contribution is 9.10. The molecule has 0 spiro atoms. The van der Waals surface area contributed by atoms with Gasteiger partial charge in [0.15, 0.2) is 0 Å². The molecular weight excluding hydrogens is 266 g/mol. The minimum Gasteiger partial charge on any atom is -0.382 e. The summed E-state index contributed by atoms with van der Waals surface area (Å²) in [5.74, 6) is 0.552. The van der Waals surface area contributed by atoms with E-state index in [1.165, 1.54) is 11.1 Å². The van der Waals surface area contributed by atoms with Crippen molar-refractivity contribution in [2.45, 2.75) is 20.8 Å². The third kappa shape index (κ3) is 1.85. The fraction of sp³-hybridized carbons (Fsp3) is 0.250. The van der Waals surface area contributed by atoms with Crippen molar-refractivity contribution in [2.24, 2.45) is 0 Å². The minimum atomic E-state index is 0.552. The number of nitrogens with zero attached hydrogens (tertiary/aromatic N) is 2. The zero-order valence-electron chi connectivity index (χ0n) is 9.58. The summed E-state index contributed by atoms with van der Waals surface area (Å²) in [7, 11) is 0. The van der Waals surface area contributed by atoms with E-state index in [9.17, 15) is 0 Å². The standard InChI is InChI=1S/C12H14BrN3/c1-7-4-10(5-8(2)12(7)13)16-9(3)6-11(14)15-16/h4-6H,1-3H3,(H2,14,15). The highest BCUT2D eigenvalue weighted by Crippen LogP contribution is 2.25. The molecule has 16 heavy (non-hydrogen) atoms. The first-order valence-corrected chi connectivity index (χ1v) is 5.87. The average Bonchev–Trinajstić information content (AvgIpc) is 2.53. The summed E-state index contributed by atoms with van der Waals surface area (Å²) in [6.45, 7) is 6.14. The SMILES string of the molecule is Cc1cc(-n2nc(N)cc2C)cc(C)c1Br. The van der Waals surface area contributed by atoms with Gasteiger partial charge in [-0.3, -0.25) is 0 Å². The topological polar surface area (TPSA) is 43.8 Å². The van der Waals surface area contributed by atoms with Gasteiger partial charge < -0.3 is 5.73 Å². The molecule has 0 atom stereocenters. The molecule has 1 aromatic carbocycles. The predicted octanol–water partition coefficient (Wildman–Crippen LogP) is 3.14. The minimum absolute atomic E-state index is 0.552. The van der Waals surface area contributed by atoms with Gasteiger partial charge in [-0.15, -0.1) is 0 Å². The first-order valence-electron chi connectivity index (χ1n) is 5.08. The Kier molecular flexibility index (Phi) is 2.76. The van der Waals surface area contributed by atoms with Gasteiger partial charge in [0.2, 0.25) is 0 Å². The number of nitrogen functional groups attached to an aromatic ring is 1. The van der Waals surface area contributed by atoms with Gasteiger partial charge in [-0.1, -0.05) is 15.9 Å². The largest absolute Gasteiger partial charge is 0.382 e. The van der Waals surface area contributed by atoms with Crippen molar-refractivity contribution in [3.05, 3.63) is 39.5 Å². The van der Waals surface area contributed by atoms with E-state index in [0.717, 1.165) is 15.9 Å². The van der Waals surface area contributed by atoms with E-state index in [4.69, 9.17) is 5.73 Å². The molecule has 1 aromatic heterocycles. The van der Waals surface area contributed by atoms with Gasteiger partial charge in [0, 0.05) is 16.2 Å². The van der Waals surface area contributed by atoms with Crippen LogP contribution < -0.4 is 5.73 Å². The van der Waals surface area contributed by atoms with Gasteiger partial charge in [0.25, 0.3) is 0 Å². The van der Waals surface area contributed by atoms with Crippen molar-refractivity contribution >= 4 is 21.7 Å². The molecule has 0 aliphatic rings. The molecule has 2 N–H and O–H groups in total. The summed E-state index contributed by atoms with van der Waals surface area (Å²) in [6.07, 6.45) is 0. The van der Waals surface area contributed by atoms with Gasteiger partial charge in [-0.2, -0.15) is 5.10 Å². The van der Waals surface area contributed by atoms with E-state index in [2.05, 4.69) is 47.0 Å². The molecule has 3 nitrogen and oxygen atoms in total. The predicted molar refractivity (Wildman–Crippen MR) is 69.9 cm³/mol. The lowest BCUT2D eigenvalue weighted by molar-refractivity contribution is 0.848. The summed E-state index contributed by atoms with van der Waals surface area (Å²) < 4.78 is 3.01. The van der Waals surface area contributed by atoms with Gasteiger partial charge in [0.05, 0.1) is 5.69 Å². The van der Waals surface area contributed by atoms with Crippen LogP contribution >= 0.6 is 15.9 Å². The number of aromatic nitrogens is 2. The van der Waals surface area contributed by atoms with Crippen molar-refractivity contribution in [3.8, 4) is 5.69 Å². The van der Waals surface area contributed by atoms with Crippen LogP contribution in [0, 0.1) is 20.8 Å². The van der Waals surface area contributed by atoms with Crippen LogP contribution in [0.25, 0.3) is 5.69 Å². The van der Waals surface area contributed by atoms with E-state index < -0.39 is 0 Å². The summed E-state index contributed by atoms with van der Waals surface area (Å²) in [4.78, 5) is 0. The summed E-state index contributed by atoms with van der Waals surface area (Å²) in [5, 5.41) is 4.27. The molecule has 0 saturated carbocycles. The summed E-state index contributed by atoms with van der Waals surface area (Å²) in [5.41, 5.74) is 10.2. The smallest absolute Gasteiger partial charge is 0.146 e. The molecule has 2 rings (SSSR count). The van der Waals surface area contributed by atoms with Crippen molar-refractivity contribution in [1.29, 1.82) is 0 Å². The molecular formula is C12H14BrN3. The number of hydrogen-bond acceptors (Lipinski definition) is 2. The van der Waals surface area contributed by atoms with Crippen LogP contribution in [0.15, 0.2) is 22.7 Å². The van der Waals surface area contributed by atoms with Crippen molar-refractivity contribution in [2.75, 3.05) is 5.73 Å². The Labute approximate surface area is 103 Å². The zero-order chi connectivity index (χ0) is 11.9. The lowest BCUT2D eigenvalue weighted by atomic mass is 10.1. The Morgan fingerprint density at radius 3 is 2.12 bits per heavy atom. The van der Waals surface area contributed by atoms with Crippen LogP contribution in [-0.4, -0.2) is 9.78 Å². The van der Waals surface area contributed by atoms with Gasteiger partial charge >= 0.3 is 0 Å². The lowest BCUT2D eigenvalue weighted by Crippen LogP contribution is -2.01. The van der Waals surface area contributed by atoms with Gasteiger partial charge in [-0.25, -0.2) is 4.68 Å². The van der Waals surface area contributed by atoms with Crippen LogP contribution in [0.5, 0.6) is 0 Å². The van der Waals surface area contributed by atoms with Crippen LogP contribution in [-0.2, 0) is 0 Å². The van der Waals surface area contributed by atoms with Crippen molar-refractivity contribution < 1.29 is 0 Å². The lowest BCUT2D eigenvalue weighted by Gasteiger charge is -2.09. The van der Waals surface area contributed by atoms with Crippen LogP contribution in [0.3, 0.4) is 0 Å². The fourth-order valence-corrected chi connectivity index (χ4v) is 2.03. The molecule has 0 radical (unpaired) electrons. The van der Waals surface area contributed by atoms with E-state index >= 15 is 0 Å². The van der Waals surface area contributed by atoms with E-state index in [1.807, 2.05) is 17.7 Å². The highest BCUT2D eigenvalue weighted by Gasteiger charge is 2.07. The van der Waals surface area contributed by atoms with Crippen LogP contribution in [0.4, 0.5) is 5.82 Å². The molecule has 0 saturated heterocycles. The van der Waals surface area contributed by atoms with E-state index in [-0.39, 0.29) is 0 Å². The second-order valence-corrected chi connectivity index (χ2v) is 4.81. The quantitative estimate of drug-likeness (QED) is 0.872. The first kappa shape index (κ1) is 11.2. The Balaban J connectivity index is 2.61. The maximum absolute atomic E-state index is 5.68. The molecule has 2 aromatic rings.